The molecule has 94 valence electrons. The summed E-state index contributed by atoms with van der Waals surface area (Å²) < 4.78 is 0. The van der Waals surface area contributed by atoms with E-state index in [1.54, 1.807) is 0 Å². The van der Waals surface area contributed by atoms with Gasteiger partial charge in [-0.25, -0.2) is 0 Å². The van der Waals surface area contributed by atoms with Crippen molar-refractivity contribution in [3.8, 4) is 0 Å². The van der Waals surface area contributed by atoms with Gasteiger partial charge in [-0.05, 0) is 56.6 Å². The second kappa shape index (κ2) is 5.67. The second-order valence-corrected chi connectivity index (χ2v) is 6.06. The molecule has 0 spiro atoms. The van der Waals surface area contributed by atoms with Gasteiger partial charge >= 0.3 is 0 Å². The molecule has 0 radical (unpaired) electrons. The van der Waals surface area contributed by atoms with E-state index in [2.05, 4.69) is 29.8 Å². The largest absolute Gasteiger partial charge is 0.398 e. The number of aryl methyl sites for hydroxylation is 1. The van der Waals surface area contributed by atoms with Gasteiger partial charge in [-0.2, -0.15) is 11.8 Å². The Morgan fingerprint density at radius 1 is 1.24 bits per heavy atom. The molecule has 0 unspecified atom stereocenters. The summed E-state index contributed by atoms with van der Waals surface area (Å²) in [6.45, 7) is 2.04. The number of nitrogens with two attached hydrogens (primary N) is 1. The molecule has 0 aliphatic heterocycles. The first kappa shape index (κ1) is 12.6. The van der Waals surface area contributed by atoms with Crippen LogP contribution in [0.1, 0.15) is 31.2 Å². The molecule has 1 aromatic carbocycles. The number of rotatable bonds is 3. The summed E-state index contributed by atoms with van der Waals surface area (Å²) in [7, 11) is 0. The van der Waals surface area contributed by atoms with Gasteiger partial charge in [0.1, 0.15) is 0 Å². The van der Waals surface area contributed by atoms with Crippen LogP contribution in [0.2, 0.25) is 0 Å². The highest BCUT2D eigenvalue weighted by molar-refractivity contribution is 7.99. The van der Waals surface area contributed by atoms with Gasteiger partial charge < -0.3 is 11.1 Å². The molecular weight excluding hydrogens is 228 g/mol. The normalized spacial score (nSPS) is 24.6. The Labute approximate surface area is 108 Å². The van der Waals surface area contributed by atoms with Crippen molar-refractivity contribution in [2.45, 2.75) is 43.9 Å². The molecule has 0 atom stereocenters. The summed E-state index contributed by atoms with van der Waals surface area (Å²) in [5.74, 6) is 0. The Bertz CT molecular complexity index is 370. The number of nitrogens with one attached hydrogen (secondary N) is 1. The zero-order chi connectivity index (χ0) is 12.3. The van der Waals surface area contributed by atoms with Crippen molar-refractivity contribution in [3.05, 3.63) is 23.8 Å². The van der Waals surface area contributed by atoms with Gasteiger partial charge in [-0.1, -0.05) is 6.07 Å². The highest BCUT2D eigenvalue weighted by Gasteiger charge is 2.20. The van der Waals surface area contributed by atoms with E-state index >= 15 is 0 Å². The minimum absolute atomic E-state index is 0.625. The molecule has 17 heavy (non-hydrogen) atoms. The minimum Gasteiger partial charge on any atom is -0.398 e. The molecule has 0 heterocycles. The monoisotopic (exact) mass is 250 g/mol. The Morgan fingerprint density at radius 3 is 2.53 bits per heavy atom. The quantitative estimate of drug-likeness (QED) is 0.804. The molecule has 3 N–H and O–H groups in total. The summed E-state index contributed by atoms with van der Waals surface area (Å²) in [5.41, 5.74) is 9.13. The maximum atomic E-state index is 5.93. The van der Waals surface area contributed by atoms with Crippen molar-refractivity contribution in [3.63, 3.8) is 0 Å². The fourth-order valence-corrected chi connectivity index (χ4v) is 3.15. The molecule has 0 aromatic heterocycles. The number of benzene rings is 1. The van der Waals surface area contributed by atoms with Gasteiger partial charge in [-0.15, -0.1) is 0 Å². The van der Waals surface area contributed by atoms with Crippen LogP contribution < -0.4 is 11.1 Å². The van der Waals surface area contributed by atoms with Crippen LogP contribution in [0.3, 0.4) is 0 Å². The van der Waals surface area contributed by atoms with Crippen LogP contribution in [-0.2, 0) is 0 Å². The fraction of sp³-hybridized carbons (Fsp3) is 0.571. The Balaban J connectivity index is 1.91. The molecule has 1 fully saturated rings. The zero-order valence-electron chi connectivity index (χ0n) is 10.7. The van der Waals surface area contributed by atoms with Crippen molar-refractivity contribution in [2.24, 2.45) is 0 Å². The van der Waals surface area contributed by atoms with Gasteiger partial charge in [0.2, 0.25) is 0 Å². The predicted octanol–water partition coefficient (Wildman–Crippen LogP) is 3.66. The molecule has 1 aromatic rings. The average Bonchev–Trinajstić information content (AvgIpc) is 2.35. The molecule has 0 amide bonds. The smallest absolute Gasteiger partial charge is 0.0364 e. The van der Waals surface area contributed by atoms with Crippen molar-refractivity contribution in [1.29, 1.82) is 0 Å². The molecule has 2 rings (SSSR count). The zero-order valence-corrected chi connectivity index (χ0v) is 11.5. The lowest BCUT2D eigenvalue weighted by Gasteiger charge is -2.28. The standard InChI is InChI=1S/C14H22N2S/c1-10-3-4-12(9-14(10)15)16-11-5-7-13(17-2)8-6-11/h3-4,9,11,13,16H,5-8,15H2,1-2H3. The average molecular weight is 250 g/mol. The van der Waals surface area contributed by atoms with E-state index in [0.29, 0.717) is 6.04 Å². The second-order valence-electron chi connectivity index (χ2n) is 4.93. The third kappa shape index (κ3) is 3.32. The van der Waals surface area contributed by atoms with Crippen molar-refractivity contribution in [2.75, 3.05) is 17.3 Å². The Morgan fingerprint density at radius 2 is 1.94 bits per heavy atom. The number of hydrogen-bond acceptors (Lipinski definition) is 3. The summed E-state index contributed by atoms with van der Waals surface area (Å²) in [6.07, 6.45) is 7.44. The molecule has 3 heteroatoms. The van der Waals surface area contributed by atoms with Crippen LogP contribution in [0.25, 0.3) is 0 Å². The summed E-state index contributed by atoms with van der Waals surface area (Å²) >= 11 is 2.01. The topological polar surface area (TPSA) is 38.0 Å². The summed E-state index contributed by atoms with van der Waals surface area (Å²) in [6, 6.07) is 6.90. The van der Waals surface area contributed by atoms with E-state index in [9.17, 15) is 0 Å². The fourth-order valence-electron chi connectivity index (χ4n) is 2.41. The maximum absolute atomic E-state index is 5.93. The van der Waals surface area contributed by atoms with E-state index in [1.165, 1.54) is 31.4 Å². The van der Waals surface area contributed by atoms with Gasteiger partial charge in [-0.3, -0.25) is 0 Å². The first-order valence-electron chi connectivity index (χ1n) is 6.34. The molecule has 1 saturated carbocycles. The Kier molecular flexibility index (Phi) is 4.21. The third-order valence-corrected chi connectivity index (χ3v) is 4.80. The van der Waals surface area contributed by atoms with Gasteiger partial charge in [0, 0.05) is 22.7 Å². The molecule has 1 aliphatic rings. The lowest BCUT2D eigenvalue weighted by molar-refractivity contribution is 0.473. The number of thioether (sulfide) groups is 1. The lowest BCUT2D eigenvalue weighted by atomic mass is 9.94. The highest BCUT2D eigenvalue weighted by atomic mass is 32.2. The number of anilines is 2. The van der Waals surface area contributed by atoms with E-state index in [-0.39, 0.29) is 0 Å². The van der Waals surface area contributed by atoms with Gasteiger partial charge in [0.05, 0.1) is 0 Å². The summed E-state index contributed by atoms with van der Waals surface area (Å²) in [5, 5.41) is 4.48. The molecule has 0 saturated heterocycles. The van der Waals surface area contributed by atoms with Crippen LogP contribution in [0, 0.1) is 6.92 Å². The minimum atomic E-state index is 0.625. The first-order chi connectivity index (χ1) is 8.19. The van der Waals surface area contributed by atoms with E-state index in [0.717, 1.165) is 16.5 Å². The first-order valence-corrected chi connectivity index (χ1v) is 7.63. The van der Waals surface area contributed by atoms with Crippen molar-refractivity contribution >= 4 is 23.1 Å². The summed E-state index contributed by atoms with van der Waals surface area (Å²) in [4.78, 5) is 0. The van der Waals surface area contributed by atoms with Crippen molar-refractivity contribution < 1.29 is 0 Å². The van der Waals surface area contributed by atoms with E-state index in [1.807, 2.05) is 18.7 Å². The van der Waals surface area contributed by atoms with E-state index in [4.69, 9.17) is 5.73 Å². The molecule has 2 nitrogen and oxygen atoms in total. The molecule has 1 aliphatic carbocycles. The van der Waals surface area contributed by atoms with Crippen LogP contribution in [0.4, 0.5) is 11.4 Å². The van der Waals surface area contributed by atoms with E-state index < -0.39 is 0 Å². The van der Waals surface area contributed by atoms with Crippen LogP contribution >= 0.6 is 11.8 Å². The number of hydrogen-bond donors (Lipinski definition) is 2. The Hall–Kier alpha value is -0.830. The van der Waals surface area contributed by atoms with Crippen molar-refractivity contribution in [1.82, 2.24) is 0 Å². The predicted molar refractivity (Wildman–Crippen MR) is 78.8 cm³/mol. The van der Waals surface area contributed by atoms with Crippen LogP contribution in [0.5, 0.6) is 0 Å². The lowest BCUT2D eigenvalue weighted by Crippen LogP contribution is -2.27. The molecular formula is C14H22N2S. The maximum Gasteiger partial charge on any atom is 0.0364 e. The van der Waals surface area contributed by atoms with Crippen LogP contribution in [0.15, 0.2) is 18.2 Å². The van der Waals surface area contributed by atoms with Gasteiger partial charge in [0.15, 0.2) is 0 Å². The SMILES string of the molecule is CSC1CCC(Nc2ccc(C)c(N)c2)CC1. The highest BCUT2D eigenvalue weighted by Crippen LogP contribution is 2.29. The molecule has 0 bridgehead atoms. The van der Waals surface area contributed by atoms with Crippen LogP contribution in [-0.4, -0.2) is 17.5 Å². The number of nitrogen functional groups attached to an aromatic ring is 1. The van der Waals surface area contributed by atoms with Gasteiger partial charge in [0.25, 0.3) is 0 Å². The third-order valence-electron chi connectivity index (χ3n) is 3.66.